The largest absolute Gasteiger partial charge is 0.496 e. The minimum Gasteiger partial charge on any atom is -0.496 e. The van der Waals surface area contributed by atoms with Gasteiger partial charge in [-0.3, -0.25) is 11.3 Å². The van der Waals surface area contributed by atoms with E-state index in [1.54, 1.807) is 7.11 Å². The summed E-state index contributed by atoms with van der Waals surface area (Å²) in [5.74, 6) is 7.49. The number of hydrazine groups is 1. The van der Waals surface area contributed by atoms with Gasteiger partial charge in [0, 0.05) is 6.04 Å². The topological polar surface area (TPSA) is 47.3 Å². The first kappa shape index (κ1) is 16.8. The predicted molar refractivity (Wildman–Crippen MR) is 91.3 cm³/mol. The second-order valence-electron chi connectivity index (χ2n) is 6.13. The molecule has 3 N–H and O–H groups in total. The fraction of sp³-hybridized carbons (Fsp3) is 0.647. The Balaban J connectivity index is 1.93. The molecule has 21 heavy (non-hydrogen) atoms. The van der Waals surface area contributed by atoms with Crippen molar-refractivity contribution in [3.05, 3.63) is 28.2 Å². The van der Waals surface area contributed by atoms with E-state index in [1.807, 2.05) is 6.07 Å². The zero-order chi connectivity index (χ0) is 15.1. The van der Waals surface area contributed by atoms with Gasteiger partial charge in [0.2, 0.25) is 0 Å². The third-order valence-corrected chi connectivity index (χ3v) is 5.15. The molecule has 0 spiro atoms. The van der Waals surface area contributed by atoms with Crippen LogP contribution in [0.4, 0.5) is 0 Å². The van der Waals surface area contributed by atoms with E-state index < -0.39 is 0 Å². The van der Waals surface area contributed by atoms with Gasteiger partial charge in [0.05, 0.1) is 11.6 Å². The molecule has 1 saturated carbocycles. The molecule has 1 fully saturated rings. The van der Waals surface area contributed by atoms with Crippen LogP contribution < -0.4 is 16.0 Å². The Kier molecular flexibility index (Phi) is 7.00. The van der Waals surface area contributed by atoms with Crippen LogP contribution in [0, 0.1) is 5.92 Å². The van der Waals surface area contributed by atoms with Gasteiger partial charge >= 0.3 is 0 Å². The van der Waals surface area contributed by atoms with Gasteiger partial charge in [-0.15, -0.1) is 0 Å². The summed E-state index contributed by atoms with van der Waals surface area (Å²) in [4.78, 5) is 0. The molecule has 1 aromatic carbocycles. The van der Waals surface area contributed by atoms with Crippen LogP contribution in [0.15, 0.2) is 22.7 Å². The Morgan fingerprint density at radius 3 is 2.57 bits per heavy atom. The number of benzene rings is 1. The highest BCUT2D eigenvalue weighted by Gasteiger charge is 2.18. The molecule has 2 rings (SSSR count). The van der Waals surface area contributed by atoms with Crippen LogP contribution in [0.3, 0.4) is 0 Å². The Morgan fingerprint density at radius 2 is 2.00 bits per heavy atom. The number of nitrogens with one attached hydrogen (secondary N) is 1. The Bertz CT molecular complexity index is 431. The standard InChI is InChI=1S/C17H27BrN2O/c1-21-17-9-8-14(12-16(17)18)11-15(20-19)10-13-6-4-2-3-5-7-13/h8-9,12-13,15,20H,2-7,10-11,19H2,1H3. The summed E-state index contributed by atoms with van der Waals surface area (Å²) < 4.78 is 6.29. The first-order chi connectivity index (χ1) is 10.2. The van der Waals surface area contributed by atoms with Gasteiger partial charge < -0.3 is 4.74 Å². The maximum atomic E-state index is 5.78. The first-order valence-corrected chi connectivity index (χ1v) is 8.80. The average Bonchev–Trinajstić information content (AvgIpc) is 2.75. The van der Waals surface area contributed by atoms with E-state index in [2.05, 4.69) is 33.5 Å². The Morgan fingerprint density at radius 1 is 1.29 bits per heavy atom. The van der Waals surface area contributed by atoms with Crippen LogP contribution in [0.1, 0.15) is 50.5 Å². The van der Waals surface area contributed by atoms with Gasteiger partial charge in [-0.05, 0) is 52.4 Å². The molecule has 1 aromatic rings. The average molecular weight is 355 g/mol. The summed E-state index contributed by atoms with van der Waals surface area (Å²) in [6.07, 6.45) is 10.5. The van der Waals surface area contributed by atoms with E-state index >= 15 is 0 Å². The van der Waals surface area contributed by atoms with Crippen molar-refractivity contribution in [2.24, 2.45) is 11.8 Å². The van der Waals surface area contributed by atoms with E-state index in [0.717, 1.165) is 22.6 Å². The van der Waals surface area contributed by atoms with Gasteiger partial charge in [0.1, 0.15) is 5.75 Å². The highest BCUT2D eigenvalue weighted by atomic mass is 79.9. The second kappa shape index (κ2) is 8.76. The van der Waals surface area contributed by atoms with Crippen LogP contribution >= 0.6 is 15.9 Å². The maximum Gasteiger partial charge on any atom is 0.133 e. The minimum atomic E-state index is 0.355. The molecule has 0 radical (unpaired) electrons. The minimum absolute atomic E-state index is 0.355. The summed E-state index contributed by atoms with van der Waals surface area (Å²) in [6.45, 7) is 0. The summed E-state index contributed by atoms with van der Waals surface area (Å²) >= 11 is 3.55. The third-order valence-electron chi connectivity index (χ3n) is 4.53. The zero-order valence-corrected chi connectivity index (χ0v) is 14.5. The lowest BCUT2D eigenvalue weighted by Gasteiger charge is -2.22. The van der Waals surface area contributed by atoms with Gasteiger partial charge in [-0.25, -0.2) is 0 Å². The van der Waals surface area contributed by atoms with Crippen LogP contribution in [-0.2, 0) is 6.42 Å². The van der Waals surface area contributed by atoms with Crippen molar-refractivity contribution >= 4 is 15.9 Å². The number of hydrogen-bond acceptors (Lipinski definition) is 3. The molecule has 3 nitrogen and oxygen atoms in total. The predicted octanol–water partition coefficient (Wildman–Crippen LogP) is 4.19. The van der Waals surface area contributed by atoms with Crippen LogP contribution in [-0.4, -0.2) is 13.2 Å². The lowest BCUT2D eigenvalue weighted by molar-refractivity contribution is 0.352. The molecular formula is C17H27BrN2O. The Labute approximate surface area is 136 Å². The van der Waals surface area contributed by atoms with Crippen molar-refractivity contribution in [2.45, 2.75) is 57.4 Å². The molecule has 0 amide bonds. The number of ether oxygens (including phenoxy) is 1. The lowest BCUT2D eigenvalue weighted by Crippen LogP contribution is -2.38. The number of hydrogen-bond donors (Lipinski definition) is 2. The highest BCUT2D eigenvalue weighted by molar-refractivity contribution is 9.10. The van der Waals surface area contributed by atoms with Crippen LogP contribution in [0.5, 0.6) is 5.75 Å². The maximum absolute atomic E-state index is 5.78. The van der Waals surface area contributed by atoms with Crippen molar-refractivity contribution < 1.29 is 4.74 Å². The number of rotatable bonds is 6. The summed E-state index contributed by atoms with van der Waals surface area (Å²) in [6, 6.07) is 6.63. The zero-order valence-electron chi connectivity index (χ0n) is 12.9. The highest BCUT2D eigenvalue weighted by Crippen LogP contribution is 2.29. The second-order valence-corrected chi connectivity index (χ2v) is 6.98. The van der Waals surface area contributed by atoms with Crippen LogP contribution in [0.2, 0.25) is 0 Å². The molecule has 1 atom stereocenters. The molecule has 1 unspecified atom stereocenters. The molecule has 0 heterocycles. The molecule has 0 saturated heterocycles. The molecule has 4 heteroatoms. The van der Waals surface area contributed by atoms with Gasteiger partial charge in [0.25, 0.3) is 0 Å². The lowest BCUT2D eigenvalue weighted by atomic mass is 9.90. The number of methoxy groups -OCH3 is 1. The van der Waals surface area contributed by atoms with Gasteiger partial charge in [-0.2, -0.15) is 0 Å². The number of nitrogens with two attached hydrogens (primary N) is 1. The van der Waals surface area contributed by atoms with Crippen molar-refractivity contribution in [3.63, 3.8) is 0 Å². The summed E-state index contributed by atoms with van der Waals surface area (Å²) in [5, 5.41) is 0. The fourth-order valence-electron chi connectivity index (χ4n) is 3.33. The van der Waals surface area contributed by atoms with E-state index in [-0.39, 0.29) is 0 Å². The van der Waals surface area contributed by atoms with Gasteiger partial charge in [-0.1, -0.05) is 44.6 Å². The third kappa shape index (κ3) is 5.28. The molecular weight excluding hydrogens is 328 g/mol. The smallest absolute Gasteiger partial charge is 0.133 e. The quantitative estimate of drug-likeness (QED) is 0.457. The summed E-state index contributed by atoms with van der Waals surface area (Å²) in [7, 11) is 1.69. The van der Waals surface area contributed by atoms with E-state index in [9.17, 15) is 0 Å². The molecule has 0 bridgehead atoms. The van der Waals surface area contributed by atoms with E-state index in [1.165, 1.54) is 50.5 Å². The van der Waals surface area contributed by atoms with Crippen molar-refractivity contribution in [3.8, 4) is 5.75 Å². The normalized spacial score (nSPS) is 18.2. The molecule has 0 aliphatic heterocycles. The molecule has 118 valence electrons. The van der Waals surface area contributed by atoms with Crippen molar-refractivity contribution in [2.75, 3.05) is 7.11 Å². The monoisotopic (exact) mass is 354 g/mol. The molecule has 0 aromatic heterocycles. The molecule has 1 aliphatic carbocycles. The SMILES string of the molecule is COc1ccc(CC(CC2CCCCCC2)NN)cc1Br. The first-order valence-electron chi connectivity index (χ1n) is 8.01. The molecule has 1 aliphatic rings. The summed E-state index contributed by atoms with van der Waals surface area (Å²) in [5.41, 5.74) is 4.31. The van der Waals surface area contributed by atoms with Gasteiger partial charge in [0.15, 0.2) is 0 Å². The fourth-order valence-corrected chi connectivity index (χ4v) is 3.92. The van der Waals surface area contributed by atoms with Crippen LogP contribution in [0.25, 0.3) is 0 Å². The van der Waals surface area contributed by atoms with Crippen molar-refractivity contribution in [1.29, 1.82) is 0 Å². The Hall–Kier alpha value is -0.580. The van der Waals surface area contributed by atoms with E-state index in [0.29, 0.717) is 6.04 Å². The number of halogens is 1. The van der Waals surface area contributed by atoms with Crippen molar-refractivity contribution in [1.82, 2.24) is 5.43 Å². The van der Waals surface area contributed by atoms with E-state index in [4.69, 9.17) is 10.6 Å².